The molecule has 2 aromatic rings. The number of hydrogen-bond donors (Lipinski definition) is 1. The molecule has 0 saturated carbocycles. The molecule has 0 atom stereocenters. The molecule has 0 N–H and O–H groups in total. The molecule has 16 heavy (non-hydrogen) atoms. The average molecular weight is 249 g/mol. The van der Waals surface area contributed by atoms with Gasteiger partial charge in [-0.05, 0) is 36.4 Å². The molecular formula is C13H9ClOS. The number of hydrogen-bond acceptors (Lipinski definition) is 2. The highest BCUT2D eigenvalue weighted by molar-refractivity contribution is 7.80. The van der Waals surface area contributed by atoms with Gasteiger partial charge < -0.3 is 0 Å². The molecule has 0 aliphatic carbocycles. The molecule has 80 valence electrons. The van der Waals surface area contributed by atoms with Crippen molar-refractivity contribution in [2.24, 2.45) is 0 Å². The summed E-state index contributed by atoms with van der Waals surface area (Å²) in [6.07, 6.45) is 0. The first-order chi connectivity index (χ1) is 7.66. The minimum Gasteiger partial charge on any atom is -0.289 e. The Hall–Kier alpha value is -1.25. The van der Waals surface area contributed by atoms with Crippen molar-refractivity contribution in [3.8, 4) is 0 Å². The van der Waals surface area contributed by atoms with Gasteiger partial charge in [-0.15, -0.1) is 12.6 Å². The fraction of sp³-hybridized carbons (Fsp3) is 0. The molecule has 0 unspecified atom stereocenters. The van der Waals surface area contributed by atoms with E-state index in [0.717, 1.165) is 4.90 Å². The fourth-order valence-electron chi connectivity index (χ4n) is 1.41. The third-order valence-corrected chi connectivity index (χ3v) is 2.75. The minimum absolute atomic E-state index is 0.0316. The Labute approximate surface area is 104 Å². The standard InChI is InChI=1S/C13H9ClOS/c14-11-3-1-2-10(8-11)13(15)9-4-6-12(16)7-5-9/h1-8,16H. The largest absolute Gasteiger partial charge is 0.289 e. The van der Waals surface area contributed by atoms with Crippen LogP contribution in [0.4, 0.5) is 0 Å². The highest BCUT2D eigenvalue weighted by atomic mass is 35.5. The van der Waals surface area contributed by atoms with Gasteiger partial charge in [0.2, 0.25) is 0 Å². The maximum Gasteiger partial charge on any atom is 0.193 e. The maximum atomic E-state index is 12.0. The molecule has 0 amide bonds. The molecule has 0 aliphatic rings. The van der Waals surface area contributed by atoms with Gasteiger partial charge in [0, 0.05) is 21.0 Å². The van der Waals surface area contributed by atoms with Crippen molar-refractivity contribution in [2.75, 3.05) is 0 Å². The van der Waals surface area contributed by atoms with Crippen LogP contribution in [-0.4, -0.2) is 5.78 Å². The molecule has 0 aliphatic heterocycles. The van der Waals surface area contributed by atoms with Crippen LogP contribution in [0, 0.1) is 0 Å². The van der Waals surface area contributed by atoms with Crippen molar-refractivity contribution in [1.29, 1.82) is 0 Å². The van der Waals surface area contributed by atoms with E-state index in [0.29, 0.717) is 16.1 Å². The van der Waals surface area contributed by atoms with Crippen molar-refractivity contribution in [3.63, 3.8) is 0 Å². The van der Waals surface area contributed by atoms with Crippen LogP contribution in [0.25, 0.3) is 0 Å². The average Bonchev–Trinajstić information content (AvgIpc) is 2.29. The Kier molecular flexibility index (Phi) is 3.32. The number of thiol groups is 1. The van der Waals surface area contributed by atoms with Crippen LogP contribution >= 0.6 is 24.2 Å². The lowest BCUT2D eigenvalue weighted by Crippen LogP contribution is -2.00. The van der Waals surface area contributed by atoms with Gasteiger partial charge in [0.1, 0.15) is 0 Å². The Morgan fingerprint density at radius 3 is 2.31 bits per heavy atom. The van der Waals surface area contributed by atoms with E-state index in [9.17, 15) is 4.79 Å². The summed E-state index contributed by atoms with van der Waals surface area (Å²) in [6, 6.07) is 14.0. The van der Waals surface area contributed by atoms with Gasteiger partial charge in [0.25, 0.3) is 0 Å². The second-order valence-electron chi connectivity index (χ2n) is 3.39. The Bertz CT molecular complexity index is 520. The van der Waals surface area contributed by atoms with Crippen LogP contribution < -0.4 is 0 Å². The molecular weight excluding hydrogens is 240 g/mol. The quantitative estimate of drug-likeness (QED) is 0.631. The van der Waals surface area contributed by atoms with E-state index in [1.165, 1.54) is 0 Å². The lowest BCUT2D eigenvalue weighted by molar-refractivity contribution is 0.103. The number of benzene rings is 2. The summed E-state index contributed by atoms with van der Waals surface area (Å²) in [5.74, 6) is -0.0316. The van der Waals surface area contributed by atoms with Gasteiger partial charge >= 0.3 is 0 Å². The Morgan fingerprint density at radius 2 is 1.69 bits per heavy atom. The predicted molar refractivity (Wildman–Crippen MR) is 68.6 cm³/mol. The molecule has 0 heterocycles. The van der Waals surface area contributed by atoms with Gasteiger partial charge in [-0.25, -0.2) is 0 Å². The lowest BCUT2D eigenvalue weighted by atomic mass is 10.0. The van der Waals surface area contributed by atoms with Gasteiger partial charge in [0.05, 0.1) is 0 Å². The van der Waals surface area contributed by atoms with Crippen molar-refractivity contribution >= 4 is 30.0 Å². The molecule has 2 rings (SSSR count). The highest BCUT2D eigenvalue weighted by Gasteiger charge is 2.08. The first-order valence-corrected chi connectivity index (χ1v) is 5.58. The topological polar surface area (TPSA) is 17.1 Å². The van der Waals surface area contributed by atoms with Crippen LogP contribution in [0.1, 0.15) is 15.9 Å². The van der Waals surface area contributed by atoms with E-state index in [-0.39, 0.29) is 5.78 Å². The maximum absolute atomic E-state index is 12.0. The molecule has 3 heteroatoms. The molecule has 2 aromatic carbocycles. The number of carbonyl (C=O) groups excluding carboxylic acids is 1. The summed E-state index contributed by atoms with van der Waals surface area (Å²) >= 11 is 10.0. The zero-order valence-electron chi connectivity index (χ0n) is 8.35. The Morgan fingerprint density at radius 1 is 1.00 bits per heavy atom. The molecule has 0 fully saturated rings. The summed E-state index contributed by atoms with van der Waals surface area (Å²) in [5, 5.41) is 0.566. The number of ketones is 1. The molecule has 0 radical (unpaired) electrons. The highest BCUT2D eigenvalue weighted by Crippen LogP contribution is 2.16. The summed E-state index contributed by atoms with van der Waals surface area (Å²) in [5.41, 5.74) is 1.24. The van der Waals surface area contributed by atoms with E-state index in [1.807, 2.05) is 0 Å². The van der Waals surface area contributed by atoms with Crippen LogP contribution in [0.15, 0.2) is 53.4 Å². The fourth-order valence-corrected chi connectivity index (χ4v) is 1.75. The van der Waals surface area contributed by atoms with Crippen LogP contribution in [0.5, 0.6) is 0 Å². The smallest absolute Gasteiger partial charge is 0.193 e. The molecule has 0 aromatic heterocycles. The summed E-state index contributed by atoms with van der Waals surface area (Å²) in [6.45, 7) is 0. The second kappa shape index (κ2) is 4.73. The van der Waals surface area contributed by atoms with E-state index in [1.54, 1.807) is 48.5 Å². The summed E-state index contributed by atoms with van der Waals surface area (Å²) in [7, 11) is 0. The molecule has 0 bridgehead atoms. The SMILES string of the molecule is O=C(c1ccc(S)cc1)c1cccc(Cl)c1. The normalized spacial score (nSPS) is 10.1. The first-order valence-electron chi connectivity index (χ1n) is 4.76. The van der Waals surface area contributed by atoms with Crippen molar-refractivity contribution < 1.29 is 4.79 Å². The van der Waals surface area contributed by atoms with Crippen LogP contribution in [0.3, 0.4) is 0 Å². The number of carbonyl (C=O) groups is 1. The van der Waals surface area contributed by atoms with Crippen molar-refractivity contribution in [1.82, 2.24) is 0 Å². The molecule has 0 saturated heterocycles. The minimum atomic E-state index is -0.0316. The van der Waals surface area contributed by atoms with Crippen LogP contribution in [-0.2, 0) is 0 Å². The zero-order valence-corrected chi connectivity index (χ0v) is 10.0. The Balaban J connectivity index is 2.35. The van der Waals surface area contributed by atoms with Gasteiger partial charge in [0.15, 0.2) is 5.78 Å². The van der Waals surface area contributed by atoms with E-state index >= 15 is 0 Å². The van der Waals surface area contributed by atoms with Crippen LogP contribution in [0.2, 0.25) is 5.02 Å². The van der Waals surface area contributed by atoms with Gasteiger partial charge in [-0.2, -0.15) is 0 Å². The summed E-state index contributed by atoms with van der Waals surface area (Å²) in [4.78, 5) is 12.9. The molecule has 1 nitrogen and oxygen atoms in total. The second-order valence-corrected chi connectivity index (χ2v) is 4.34. The molecule has 0 spiro atoms. The number of halogens is 1. The van der Waals surface area contributed by atoms with Gasteiger partial charge in [-0.3, -0.25) is 4.79 Å². The van der Waals surface area contributed by atoms with Gasteiger partial charge in [-0.1, -0.05) is 23.7 Å². The first kappa shape index (κ1) is 11.2. The van der Waals surface area contributed by atoms with E-state index in [4.69, 9.17) is 11.6 Å². The predicted octanol–water partition coefficient (Wildman–Crippen LogP) is 3.86. The third kappa shape index (κ3) is 2.46. The monoisotopic (exact) mass is 248 g/mol. The summed E-state index contributed by atoms with van der Waals surface area (Å²) < 4.78 is 0. The lowest BCUT2D eigenvalue weighted by Gasteiger charge is -2.01. The van der Waals surface area contributed by atoms with E-state index in [2.05, 4.69) is 12.6 Å². The van der Waals surface area contributed by atoms with Crippen molar-refractivity contribution in [2.45, 2.75) is 4.90 Å². The third-order valence-electron chi connectivity index (χ3n) is 2.22. The van der Waals surface area contributed by atoms with E-state index < -0.39 is 0 Å². The number of rotatable bonds is 2. The van der Waals surface area contributed by atoms with Crippen molar-refractivity contribution in [3.05, 3.63) is 64.7 Å². The zero-order chi connectivity index (χ0) is 11.5.